The number of thiophene rings is 1. The molecule has 2 aromatic heterocycles. The number of carbonyl (C=O) groups is 1. The smallest absolute Gasteiger partial charge is 0.267 e. The molecule has 0 aliphatic carbocycles. The van der Waals surface area contributed by atoms with Gasteiger partial charge in [-0.3, -0.25) is 4.79 Å². The number of carbonyl (C=O) groups excluding carboxylic acids is 1. The van der Waals surface area contributed by atoms with Crippen molar-refractivity contribution in [2.45, 2.75) is 0 Å². The second-order valence-corrected chi connectivity index (χ2v) is 5.24. The normalized spacial score (nSPS) is 10.3. The van der Waals surface area contributed by atoms with Gasteiger partial charge in [0.2, 0.25) is 0 Å². The molecule has 0 aliphatic heterocycles. The molecule has 1 aromatic carbocycles. The van der Waals surface area contributed by atoms with Crippen LogP contribution >= 0.6 is 23.6 Å². The van der Waals surface area contributed by atoms with E-state index in [1.165, 1.54) is 11.3 Å². The summed E-state index contributed by atoms with van der Waals surface area (Å²) in [6.07, 6.45) is 0. The van der Waals surface area contributed by atoms with Gasteiger partial charge >= 0.3 is 0 Å². The van der Waals surface area contributed by atoms with E-state index in [1.54, 1.807) is 29.6 Å². The minimum Gasteiger partial charge on any atom is -0.429 e. The molecule has 2 N–H and O–H groups in total. The number of amides is 1. The monoisotopic (exact) mass is 301 g/mol. The first-order valence-electron chi connectivity index (χ1n) is 5.59. The zero-order valence-corrected chi connectivity index (χ0v) is 11.6. The van der Waals surface area contributed by atoms with Gasteiger partial charge in [-0.2, -0.15) is 5.26 Å². The number of fused-ring (bicyclic) bond motifs is 1. The molecule has 7 heteroatoms. The Bertz CT molecular complexity index is 898. The van der Waals surface area contributed by atoms with Crippen LogP contribution in [-0.2, 0) is 0 Å². The van der Waals surface area contributed by atoms with Crippen LogP contribution in [0.2, 0.25) is 0 Å². The number of aromatic amines is 1. The average molecular weight is 301 g/mol. The minimum atomic E-state index is -0.315. The van der Waals surface area contributed by atoms with Gasteiger partial charge in [0.05, 0.1) is 11.1 Å². The summed E-state index contributed by atoms with van der Waals surface area (Å²) in [5.74, 6) is -0.315. The number of hydrogen-bond acceptors (Lipinski definition) is 5. The summed E-state index contributed by atoms with van der Waals surface area (Å²) in [5.41, 5.74) is 2.28. The third-order valence-electron chi connectivity index (χ3n) is 2.67. The lowest BCUT2D eigenvalue weighted by Crippen LogP contribution is -2.11. The van der Waals surface area contributed by atoms with Crippen molar-refractivity contribution < 1.29 is 9.21 Å². The number of H-pyrrole nitrogens is 1. The summed E-state index contributed by atoms with van der Waals surface area (Å²) in [6, 6.07) is 8.79. The Labute approximate surface area is 122 Å². The van der Waals surface area contributed by atoms with Gasteiger partial charge in [0.1, 0.15) is 10.9 Å². The molecule has 0 fully saturated rings. The van der Waals surface area contributed by atoms with Crippen molar-refractivity contribution in [1.82, 2.24) is 4.98 Å². The minimum absolute atomic E-state index is 0.286. The Morgan fingerprint density at radius 3 is 3.10 bits per heavy atom. The average Bonchev–Trinajstić information content (AvgIpc) is 3.02. The van der Waals surface area contributed by atoms with Crippen LogP contribution in [0.5, 0.6) is 0 Å². The molecule has 3 rings (SSSR count). The zero-order chi connectivity index (χ0) is 14.1. The SMILES string of the molecule is N#Cc1ccsc1C(=O)Nc1ccc2[nH]c(=S)oc2c1. The Hall–Kier alpha value is -2.43. The molecule has 0 bridgehead atoms. The molecule has 0 radical (unpaired) electrons. The van der Waals surface area contributed by atoms with Gasteiger partial charge in [0.25, 0.3) is 10.7 Å². The van der Waals surface area contributed by atoms with Crippen LogP contribution < -0.4 is 5.32 Å². The van der Waals surface area contributed by atoms with Gasteiger partial charge in [0.15, 0.2) is 5.58 Å². The maximum Gasteiger partial charge on any atom is 0.267 e. The lowest BCUT2D eigenvalue weighted by atomic mass is 10.2. The third-order valence-corrected chi connectivity index (χ3v) is 3.77. The maximum atomic E-state index is 12.1. The van der Waals surface area contributed by atoms with Crippen LogP contribution in [0.1, 0.15) is 15.2 Å². The zero-order valence-electron chi connectivity index (χ0n) is 9.97. The molecule has 2 heterocycles. The molecular weight excluding hydrogens is 294 g/mol. The fraction of sp³-hybridized carbons (Fsp3) is 0. The molecule has 5 nitrogen and oxygen atoms in total. The van der Waals surface area contributed by atoms with Crippen LogP contribution in [0.4, 0.5) is 5.69 Å². The first kappa shape index (κ1) is 12.6. The molecule has 0 aliphatic rings. The highest BCUT2D eigenvalue weighted by Crippen LogP contribution is 2.21. The van der Waals surface area contributed by atoms with E-state index in [1.807, 2.05) is 6.07 Å². The number of nitriles is 1. The predicted octanol–water partition coefficient (Wildman–Crippen LogP) is 3.68. The molecular formula is C13H7N3O2S2. The number of hydrogen-bond donors (Lipinski definition) is 2. The topological polar surface area (TPSA) is 81.8 Å². The summed E-state index contributed by atoms with van der Waals surface area (Å²) in [7, 11) is 0. The molecule has 0 unspecified atom stereocenters. The number of rotatable bonds is 2. The van der Waals surface area contributed by atoms with E-state index in [-0.39, 0.29) is 10.7 Å². The highest BCUT2D eigenvalue weighted by atomic mass is 32.1. The summed E-state index contributed by atoms with van der Waals surface area (Å²) >= 11 is 6.13. The first-order valence-corrected chi connectivity index (χ1v) is 6.88. The van der Waals surface area contributed by atoms with E-state index in [2.05, 4.69) is 10.3 Å². The Morgan fingerprint density at radius 1 is 1.45 bits per heavy atom. The molecule has 1 amide bonds. The van der Waals surface area contributed by atoms with E-state index in [4.69, 9.17) is 21.9 Å². The molecule has 0 saturated carbocycles. The third kappa shape index (κ3) is 2.22. The largest absolute Gasteiger partial charge is 0.429 e. The van der Waals surface area contributed by atoms with Crippen LogP contribution in [0.3, 0.4) is 0 Å². The molecule has 0 saturated heterocycles. The Balaban J connectivity index is 1.91. The van der Waals surface area contributed by atoms with Crippen molar-refractivity contribution >= 4 is 46.2 Å². The Kier molecular flexibility index (Phi) is 3.10. The number of nitrogens with one attached hydrogen (secondary N) is 2. The number of benzene rings is 1. The molecule has 0 atom stereocenters. The standard InChI is InChI=1S/C13H7N3O2S2/c14-6-7-3-4-20-11(7)12(17)15-8-1-2-9-10(5-8)18-13(19)16-9/h1-5H,(H,15,17)(H,16,19). The molecule has 98 valence electrons. The van der Waals surface area contributed by atoms with Crippen molar-refractivity contribution in [2.24, 2.45) is 0 Å². The summed E-state index contributed by atoms with van der Waals surface area (Å²) in [6.45, 7) is 0. The summed E-state index contributed by atoms with van der Waals surface area (Å²) < 4.78 is 5.28. The highest BCUT2D eigenvalue weighted by Gasteiger charge is 2.13. The second kappa shape index (κ2) is 4.92. The van der Waals surface area contributed by atoms with Gasteiger partial charge in [-0.1, -0.05) is 0 Å². The summed E-state index contributed by atoms with van der Waals surface area (Å²) in [5, 5.41) is 13.4. The van der Waals surface area contributed by atoms with Gasteiger partial charge in [-0.25, -0.2) is 0 Å². The Morgan fingerprint density at radius 2 is 2.30 bits per heavy atom. The lowest BCUT2D eigenvalue weighted by molar-refractivity contribution is 0.103. The van der Waals surface area contributed by atoms with Crippen LogP contribution in [-0.4, -0.2) is 10.9 Å². The summed E-state index contributed by atoms with van der Waals surface area (Å²) in [4.78, 5) is 15.6. The van der Waals surface area contributed by atoms with Gasteiger partial charge in [0, 0.05) is 11.8 Å². The van der Waals surface area contributed by atoms with Crippen LogP contribution in [0, 0.1) is 16.2 Å². The molecule has 0 spiro atoms. The van der Waals surface area contributed by atoms with Crippen molar-refractivity contribution in [1.29, 1.82) is 5.26 Å². The maximum absolute atomic E-state index is 12.1. The van der Waals surface area contributed by atoms with Crippen molar-refractivity contribution in [3.05, 3.63) is 44.9 Å². The highest BCUT2D eigenvalue weighted by molar-refractivity contribution is 7.71. The number of aromatic nitrogens is 1. The van der Waals surface area contributed by atoms with Gasteiger partial charge in [-0.15, -0.1) is 11.3 Å². The lowest BCUT2D eigenvalue weighted by Gasteiger charge is -2.03. The number of nitrogens with zero attached hydrogens (tertiary/aromatic N) is 1. The van der Waals surface area contributed by atoms with Crippen molar-refractivity contribution in [2.75, 3.05) is 5.32 Å². The predicted molar refractivity (Wildman–Crippen MR) is 78.4 cm³/mol. The fourth-order valence-corrected chi connectivity index (χ4v) is 2.72. The van der Waals surface area contributed by atoms with Crippen molar-refractivity contribution in [3.8, 4) is 6.07 Å². The van der Waals surface area contributed by atoms with E-state index >= 15 is 0 Å². The van der Waals surface area contributed by atoms with Crippen molar-refractivity contribution in [3.63, 3.8) is 0 Å². The van der Waals surface area contributed by atoms with Crippen LogP contribution in [0.15, 0.2) is 34.1 Å². The second-order valence-electron chi connectivity index (χ2n) is 3.95. The molecule has 3 aromatic rings. The number of oxazole rings is 1. The van der Waals surface area contributed by atoms with Crippen LogP contribution in [0.25, 0.3) is 11.1 Å². The molecule has 20 heavy (non-hydrogen) atoms. The first-order chi connectivity index (χ1) is 9.67. The van der Waals surface area contributed by atoms with Gasteiger partial charge < -0.3 is 14.7 Å². The quantitative estimate of drug-likeness (QED) is 0.707. The fourth-order valence-electron chi connectivity index (χ4n) is 1.78. The number of anilines is 1. The van der Waals surface area contributed by atoms with E-state index in [0.29, 0.717) is 21.7 Å². The van der Waals surface area contributed by atoms with Gasteiger partial charge in [-0.05, 0) is 35.8 Å². The van der Waals surface area contributed by atoms with E-state index < -0.39 is 0 Å². The van der Waals surface area contributed by atoms with E-state index in [9.17, 15) is 4.79 Å². The van der Waals surface area contributed by atoms with E-state index in [0.717, 1.165) is 5.52 Å².